The molecule has 0 nitrogen and oxygen atoms in total. The fourth-order valence-electron chi connectivity index (χ4n) is 0.272. The molecule has 1 heteroatoms. The second-order valence-electron chi connectivity index (χ2n) is 1.89. The molecule has 0 aliphatic rings. The summed E-state index contributed by atoms with van der Waals surface area (Å²) in [7, 11) is 0.546. The summed E-state index contributed by atoms with van der Waals surface area (Å²) in [5.41, 5.74) is 0. The van der Waals surface area contributed by atoms with E-state index in [1.54, 1.807) is 0 Å². The van der Waals surface area contributed by atoms with Gasteiger partial charge in [0.25, 0.3) is 0 Å². The molecule has 0 aliphatic heterocycles. The molecule has 0 aromatic rings. The van der Waals surface area contributed by atoms with Gasteiger partial charge in [-0.05, 0) is 18.4 Å². The highest BCUT2D eigenvalue weighted by molar-refractivity contribution is 8.14. The first-order valence-corrected chi connectivity index (χ1v) is 4.37. The molecule has 44 valence electrons. The monoisotopic (exact) mass is 118 g/mol. The molecule has 0 fully saturated rings. The molecule has 0 bridgehead atoms. The van der Waals surface area contributed by atoms with Crippen molar-refractivity contribution in [2.45, 2.75) is 26.0 Å². The van der Waals surface area contributed by atoms with Crippen LogP contribution in [-0.2, 0) is 0 Å². The zero-order valence-electron chi connectivity index (χ0n) is 5.56. The summed E-state index contributed by atoms with van der Waals surface area (Å²) in [5, 5.41) is 3.11. The Morgan fingerprint density at radius 1 is 1.43 bits per heavy atom. The minimum atomic E-state index is 0.546. The fourth-order valence-corrected chi connectivity index (χ4v) is 0.816. The summed E-state index contributed by atoms with van der Waals surface area (Å²) in [6.45, 7) is 6.63. The van der Waals surface area contributed by atoms with Crippen molar-refractivity contribution in [3.8, 4) is 0 Å². The molecule has 1 atom stereocenters. The Balaban J connectivity index is 3.56. The van der Waals surface area contributed by atoms with Gasteiger partial charge in [-0.1, -0.05) is 19.2 Å². The highest BCUT2D eigenvalue weighted by Crippen LogP contribution is 2.12. The average molecular weight is 118 g/mol. The van der Waals surface area contributed by atoms with Gasteiger partial charge >= 0.3 is 0 Å². The van der Waals surface area contributed by atoms with E-state index in [1.807, 2.05) is 0 Å². The Bertz CT molecular complexity index is 72.2. The Hall–Kier alpha value is 0.220. The molecule has 0 saturated carbocycles. The lowest BCUT2D eigenvalue weighted by Crippen LogP contribution is -1.87. The maximum absolute atomic E-state index is 2.27. The van der Waals surface area contributed by atoms with Crippen LogP contribution in [0.25, 0.3) is 0 Å². The minimum Gasteiger partial charge on any atom is -0.191 e. The normalized spacial score (nSPS) is 15.6. The van der Waals surface area contributed by atoms with Crippen LogP contribution in [0.15, 0.2) is 0 Å². The molecule has 0 aliphatic carbocycles. The van der Waals surface area contributed by atoms with Crippen LogP contribution >= 0.6 is 10.5 Å². The zero-order chi connectivity index (χ0) is 5.86. The van der Waals surface area contributed by atoms with Crippen LogP contribution in [0.3, 0.4) is 0 Å². The molecule has 0 heterocycles. The Labute approximate surface area is 48.9 Å². The maximum Gasteiger partial charge on any atom is -0.00649 e. The number of rotatable bonds is 1. The van der Waals surface area contributed by atoms with Crippen LogP contribution in [0.1, 0.15) is 20.8 Å². The van der Waals surface area contributed by atoms with Gasteiger partial charge in [-0.3, -0.25) is 0 Å². The van der Waals surface area contributed by atoms with E-state index < -0.39 is 0 Å². The summed E-state index contributed by atoms with van der Waals surface area (Å²) in [4.78, 5) is 0. The van der Waals surface area contributed by atoms with Crippen LogP contribution in [0.2, 0.25) is 0 Å². The summed E-state index contributed by atoms with van der Waals surface area (Å²) in [6, 6.07) is 0. The van der Waals surface area contributed by atoms with Crippen molar-refractivity contribution in [2.75, 3.05) is 6.26 Å². The van der Waals surface area contributed by atoms with Crippen molar-refractivity contribution in [3.05, 3.63) is 0 Å². The van der Waals surface area contributed by atoms with Gasteiger partial charge in [0.2, 0.25) is 0 Å². The SMILES string of the molecule is CC=S(C)C(C)C. The van der Waals surface area contributed by atoms with Crippen molar-refractivity contribution >= 4 is 15.9 Å². The molecule has 0 saturated heterocycles. The van der Waals surface area contributed by atoms with Crippen LogP contribution in [-0.4, -0.2) is 16.9 Å². The van der Waals surface area contributed by atoms with Crippen molar-refractivity contribution in [1.82, 2.24) is 0 Å². The first-order valence-electron chi connectivity index (χ1n) is 2.61. The Morgan fingerprint density at radius 3 is 1.86 bits per heavy atom. The molecule has 0 aromatic heterocycles. The van der Waals surface area contributed by atoms with Crippen molar-refractivity contribution < 1.29 is 0 Å². The first kappa shape index (κ1) is 7.22. The van der Waals surface area contributed by atoms with Gasteiger partial charge in [-0.15, -0.1) is 0 Å². The largest absolute Gasteiger partial charge is 0.191 e. The lowest BCUT2D eigenvalue weighted by Gasteiger charge is -2.03. The topological polar surface area (TPSA) is 0 Å². The second-order valence-corrected chi connectivity index (χ2v) is 4.52. The second kappa shape index (κ2) is 3.25. The van der Waals surface area contributed by atoms with E-state index in [2.05, 4.69) is 32.4 Å². The third kappa shape index (κ3) is 2.86. The quantitative estimate of drug-likeness (QED) is 0.463. The maximum atomic E-state index is 2.27. The van der Waals surface area contributed by atoms with E-state index >= 15 is 0 Å². The molecule has 0 spiro atoms. The van der Waals surface area contributed by atoms with Gasteiger partial charge in [0.05, 0.1) is 0 Å². The summed E-state index contributed by atoms with van der Waals surface area (Å²) in [5.74, 6) is 0. The zero-order valence-corrected chi connectivity index (χ0v) is 6.38. The molecule has 0 rings (SSSR count). The van der Waals surface area contributed by atoms with Gasteiger partial charge in [0.15, 0.2) is 0 Å². The van der Waals surface area contributed by atoms with Gasteiger partial charge < -0.3 is 0 Å². The smallest absolute Gasteiger partial charge is 0.00649 e. The van der Waals surface area contributed by atoms with Gasteiger partial charge in [0, 0.05) is 0 Å². The molecule has 0 radical (unpaired) electrons. The predicted octanol–water partition coefficient (Wildman–Crippen LogP) is 2.12. The Morgan fingerprint density at radius 2 is 1.86 bits per heavy atom. The molecule has 0 aromatic carbocycles. The van der Waals surface area contributed by atoms with Crippen molar-refractivity contribution in [3.63, 3.8) is 0 Å². The predicted molar refractivity (Wildman–Crippen MR) is 40.4 cm³/mol. The Kier molecular flexibility index (Phi) is 3.35. The van der Waals surface area contributed by atoms with Crippen molar-refractivity contribution in [2.24, 2.45) is 0 Å². The van der Waals surface area contributed by atoms with Gasteiger partial charge in [-0.2, -0.15) is 10.5 Å². The molecule has 7 heavy (non-hydrogen) atoms. The molecule has 0 N–H and O–H groups in total. The van der Waals surface area contributed by atoms with E-state index in [0.717, 1.165) is 5.25 Å². The number of hydrogen-bond donors (Lipinski definition) is 0. The molecular weight excluding hydrogens is 104 g/mol. The van der Waals surface area contributed by atoms with E-state index in [-0.39, 0.29) is 0 Å². The van der Waals surface area contributed by atoms with Crippen LogP contribution in [0, 0.1) is 0 Å². The molecule has 1 unspecified atom stereocenters. The minimum absolute atomic E-state index is 0.546. The third-order valence-corrected chi connectivity index (χ3v) is 3.35. The van der Waals surface area contributed by atoms with Crippen LogP contribution in [0.5, 0.6) is 0 Å². The fraction of sp³-hybridized carbons (Fsp3) is 0.833. The van der Waals surface area contributed by atoms with Gasteiger partial charge in [-0.25, -0.2) is 0 Å². The highest BCUT2D eigenvalue weighted by Gasteiger charge is 1.88. The average Bonchev–Trinajstić information content (AvgIpc) is 1.65. The van der Waals surface area contributed by atoms with E-state index in [4.69, 9.17) is 0 Å². The van der Waals surface area contributed by atoms with E-state index in [0.29, 0.717) is 10.5 Å². The standard InChI is InChI=1S/C6H14S/c1-5-7(4)6(2)3/h5-6H,1-4H3. The summed E-state index contributed by atoms with van der Waals surface area (Å²) < 4.78 is 0. The van der Waals surface area contributed by atoms with E-state index in [1.165, 1.54) is 0 Å². The summed E-state index contributed by atoms with van der Waals surface area (Å²) >= 11 is 0. The van der Waals surface area contributed by atoms with Crippen LogP contribution < -0.4 is 0 Å². The first-order chi connectivity index (χ1) is 3.18. The molecular formula is C6H14S. The van der Waals surface area contributed by atoms with Crippen LogP contribution in [0.4, 0.5) is 0 Å². The van der Waals surface area contributed by atoms with Gasteiger partial charge in [0.1, 0.15) is 0 Å². The highest BCUT2D eigenvalue weighted by atomic mass is 32.2. The lowest BCUT2D eigenvalue weighted by molar-refractivity contribution is 1.12. The van der Waals surface area contributed by atoms with Crippen molar-refractivity contribution in [1.29, 1.82) is 0 Å². The van der Waals surface area contributed by atoms with E-state index in [9.17, 15) is 0 Å². The molecule has 0 amide bonds. The summed E-state index contributed by atoms with van der Waals surface area (Å²) in [6.07, 6.45) is 2.27. The third-order valence-electron chi connectivity index (χ3n) is 1.12. The number of hydrogen-bond acceptors (Lipinski definition) is 0. The lowest BCUT2D eigenvalue weighted by atomic mass is 10.6.